The Labute approximate surface area is 141 Å². The zero-order valence-electron chi connectivity index (χ0n) is 13.9. The van der Waals surface area contributed by atoms with E-state index in [4.69, 9.17) is 4.42 Å². The van der Waals surface area contributed by atoms with Gasteiger partial charge >= 0.3 is 0 Å². The molecule has 0 fully saturated rings. The zero-order chi connectivity index (χ0) is 16.9. The second kappa shape index (κ2) is 5.28. The number of hydrogen-bond donors (Lipinski definition) is 0. The van der Waals surface area contributed by atoms with Crippen LogP contribution in [0.15, 0.2) is 59.1 Å². The summed E-state index contributed by atoms with van der Waals surface area (Å²) in [6.07, 6.45) is 1.97. The van der Waals surface area contributed by atoms with Crippen LogP contribution in [0.3, 0.4) is 0 Å². The van der Waals surface area contributed by atoms with Crippen LogP contribution in [0.25, 0.3) is 33.2 Å². The first-order valence-electron chi connectivity index (χ1n) is 8.01. The highest BCUT2D eigenvalue weighted by Crippen LogP contribution is 2.35. The highest BCUT2D eigenvalue weighted by atomic mass is 28.3. The van der Waals surface area contributed by atoms with Crippen LogP contribution in [-0.4, -0.2) is 13.1 Å². The number of fused-ring (bicyclic) bond motifs is 3. The predicted molar refractivity (Wildman–Crippen MR) is 99.9 cm³/mol. The average molecular weight is 335 g/mol. The van der Waals surface area contributed by atoms with E-state index in [1.807, 2.05) is 24.4 Å². The third-order valence-corrected chi connectivity index (χ3v) is 6.39. The first-order valence-corrected chi connectivity index (χ1v) is 11.5. The molecule has 0 amide bonds. The number of pyridine rings is 1. The Hall–Kier alpha value is -2.46. The Morgan fingerprint density at radius 2 is 1.79 bits per heavy atom. The minimum Gasteiger partial charge on any atom is -0.455 e. The maximum atomic E-state index is 13.5. The molecule has 0 unspecified atom stereocenters. The van der Waals surface area contributed by atoms with Gasteiger partial charge in [-0.3, -0.25) is 4.98 Å². The van der Waals surface area contributed by atoms with E-state index in [2.05, 4.69) is 36.8 Å². The maximum Gasteiger partial charge on any atom is 0.144 e. The fourth-order valence-electron chi connectivity index (χ4n) is 2.97. The van der Waals surface area contributed by atoms with Gasteiger partial charge in [-0.05, 0) is 29.5 Å². The van der Waals surface area contributed by atoms with Gasteiger partial charge in [0.05, 0.1) is 13.8 Å². The van der Waals surface area contributed by atoms with Crippen molar-refractivity contribution in [2.75, 3.05) is 0 Å². The number of aromatic nitrogens is 1. The molecule has 2 aromatic carbocycles. The monoisotopic (exact) mass is 335 g/mol. The second-order valence-electron chi connectivity index (χ2n) is 7.11. The van der Waals surface area contributed by atoms with Gasteiger partial charge in [0.15, 0.2) is 0 Å². The molecular weight excluding hydrogens is 317 g/mol. The summed E-state index contributed by atoms with van der Waals surface area (Å²) in [6.45, 7) is 6.91. The first-order chi connectivity index (χ1) is 11.4. The molecule has 24 heavy (non-hydrogen) atoms. The molecule has 0 bridgehead atoms. The molecule has 2 aromatic heterocycles. The summed E-state index contributed by atoms with van der Waals surface area (Å²) < 4.78 is 19.4. The molecule has 4 rings (SSSR count). The fraction of sp³-hybridized carbons (Fsp3) is 0.150. The van der Waals surface area contributed by atoms with Crippen molar-refractivity contribution in [1.29, 1.82) is 0 Å². The van der Waals surface area contributed by atoms with Crippen molar-refractivity contribution in [3.63, 3.8) is 0 Å². The molecule has 2 heterocycles. The smallest absolute Gasteiger partial charge is 0.144 e. The van der Waals surface area contributed by atoms with Crippen molar-refractivity contribution >= 4 is 35.2 Å². The van der Waals surface area contributed by atoms with Crippen LogP contribution < -0.4 is 5.19 Å². The number of halogens is 1. The SMILES string of the molecule is C[Si](C)(C)c1ccc(-c2cccc3c2oc2cc(F)ccc23)nc1. The summed E-state index contributed by atoms with van der Waals surface area (Å²) in [5.41, 5.74) is 3.14. The topological polar surface area (TPSA) is 26.0 Å². The summed E-state index contributed by atoms with van der Waals surface area (Å²) in [6, 6.07) is 14.9. The third kappa shape index (κ3) is 2.43. The van der Waals surface area contributed by atoms with Crippen LogP contribution in [0, 0.1) is 5.82 Å². The van der Waals surface area contributed by atoms with Gasteiger partial charge in [-0.1, -0.05) is 37.8 Å². The number of hydrogen-bond acceptors (Lipinski definition) is 2. The Bertz CT molecular complexity index is 1050. The van der Waals surface area contributed by atoms with Crippen molar-refractivity contribution in [2.45, 2.75) is 19.6 Å². The number of benzene rings is 2. The van der Waals surface area contributed by atoms with E-state index in [1.165, 1.54) is 17.3 Å². The largest absolute Gasteiger partial charge is 0.455 e. The lowest BCUT2D eigenvalue weighted by atomic mass is 10.1. The lowest BCUT2D eigenvalue weighted by Gasteiger charge is -2.16. The van der Waals surface area contributed by atoms with E-state index in [9.17, 15) is 4.39 Å². The van der Waals surface area contributed by atoms with Crippen molar-refractivity contribution in [3.05, 3.63) is 60.5 Å². The molecule has 2 nitrogen and oxygen atoms in total. The third-order valence-electron chi connectivity index (χ3n) is 4.37. The molecule has 0 N–H and O–H groups in total. The maximum absolute atomic E-state index is 13.5. The number of furan rings is 1. The molecule has 0 saturated carbocycles. The van der Waals surface area contributed by atoms with Crippen molar-refractivity contribution < 1.29 is 8.81 Å². The summed E-state index contributed by atoms with van der Waals surface area (Å²) in [7, 11) is -1.37. The molecule has 0 spiro atoms. The lowest BCUT2D eigenvalue weighted by Crippen LogP contribution is -2.37. The highest BCUT2D eigenvalue weighted by Gasteiger charge is 2.18. The van der Waals surface area contributed by atoms with E-state index >= 15 is 0 Å². The lowest BCUT2D eigenvalue weighted by molar-refractivity contribution is 0.618. The van der Waals surface area contributed by atoms with E-state index in [1.54, 1.807) is 6.07 Å². The molecule has 0 aliphatic carbocycles. The van der Waals surface area contributed by atoms with Gasteiger partial charge in [0.25, 0.3) is 0 Å². The first kappa shape index (κ1) is 15.1. The molecule has 0 aliphatic heterocycles. The number of rotatable bonds is 2. The van der Waals surface area contributed by atoms with Crippen LogP contribution in [0.4, 0.5) is 4.39 Å². The van der Waals surface area contributed by atoms with Crippen molar-refractivity contribution in [1.82, 2.24) is 4.98 Å². The van der Waals surface area contributed by atoms with Gasteiger partial charge in [-0.15, -0.1) is 0 Å². The molecule has 120 valence electrons. The molecule has 4 heteroatoms. The van der Waals surface area contributed by atoms with Crippen LogP contribution in [0.1, 0.15) is 0 Å². The van der Waals surface area contributed by atoms with Crippen molar-refractivity contribution in [2.24, 2.45) is 0 Å². The van der Waals surface area contributed by atoms with E-state index in [0.29, 0.717) is 5.58 Å². The normalized spacial score (nSPS) is 12.2. The zero-order valence-corrected chi connectivity index (χ0v) is 14.9. The van der Waals surface area contributed by atoms with Crippen LogP contribution in [-0.2, 0) is 0 Å². The van der Waals surface area contributed by atoms with Gasteiger partial charge in [0, 0.05) is 28.6 Å². The van der Waals surface area contributed by atoms with Gasteiger partial charge in [0.1, 0.15) is 17.0 Å². The summed E-state index contributed by atoms with van der Waals surface area (Å²) in [5.74, 6) is -0.291. The summed E-state index contributed by atoms with van der Waals surface area (Å²) >= 11 is 0. The van der Waals surface area contributed by atoms with Gasteiger partial charge in [-0.2, -0.15) is 0 Å². The van der Waals surface area contributed by atoms with Gasteiger partial charge in [0.2, 0.25) is 0 Å². The number of para-hydroxylation sites is 1. The standard InChI is InChI=1S/C20H18FNOSi/c1-24(2,3)14-8-10-18(22-12-14)17-6-4-5-16-15-9-7-13(21)11-19(15)23-20(16)17/h4-12H,1-3H3. The molecule has 0 aliphatic rings. The molecular formula is C20H18FNOSi. The Kier molecular flexibility index (Phi) is 3.32. The molecule has 0 radical (unpaired) electrons. The molecule has 4 aromatic rings. The Morgan fingerprint density at radius 1 is 0.958 bits per heavy atom. The van der Waals surface area contributed by atoms with Crippen LogP contribution in [0.2, 0.25) is 19.6 Å². The predicted octanol–water partition coefficient (Wildman–Crippen LogP) is 5.33. The van der Waals surface area contributed by atoms with Crippen molar-refractivity contribution in [3.8, 4) is 11.3 Å². The Balaban J connectivity index is 1.92. The highest BCUT2D eigenvalue weighted by molar-refractivity contribution is 6.88. The molecule has 0 atom stereocenters. The fourth-order valence-corrected chi connectivity index (χ4v) is 4.01. The van der Waals surface area contributed by atoms with Crippen LogP contribution >= 0.6 is 0 Å². The summed E-state index contributed by atoms with van der Waals surface area (Å²) in [4.78, 5) is 4.65. The van der Waals surface area contributed by atoms with Crippen LogP contribution in [0.5, 0.6) is 0 Å². The quantitative estimate of drug-likeness (QED) is 0.463. The van der Waals surface area contributed by atoms with Gasteiger partial charge < -0.3 is 4.42 Å². The summed E-state index contributed by atoms with van der Waals surface area (Å²) in [5, 5.41) is 3.23. The number of nitrogens with zero attached hydrogens (tertiary/aromatic N) is 1. The Morgan fingerprint density at radius 3 is 2.50 bits per heavy atom. The van der Waals surface area contributed by atoms with E-state index in [0.717, 1.165) is 27.6 Å². The average Bonchev–Trinajstić information content (AvgIpc) is 2.91. The minimum absolute atomic E-state index is 0.291. The van der Waals surface area contributed by atoms with E-state index < -0.39 is 8.07 Å². The minimum atomic E-state index is -1.37. The second-order valence-corrected chi connectivity index (χ2v) is 12.2. The van der Waals surface area contributed by atoms with Gasteiger partial charge in [-0.25, -0.2) is 4.39 Å². The van der Waals surface area contributed by atoms with E-state index in [-0.39, 0.29) is 5.82 Å². The molecule has 0 saturated heterocycles.